The molecule has 1 saturated carbocycles. The molecule has 2 aliphatic carbocycles. The molecule has 0 aliphatic heterocycles. The van der Waals surface area contributed by atoms with Gasteiger partial charge >= 0.3 is 0 Å². The molecule has 1 aromatic heterocycles. The van der Waals surface area contributed by atoms with E-state index >= 15 is 0 Å². The first kappa shape index (κ1) is 11.9. The summed E-state index contributed by atoms with van der Waals surface area (Å²) < 4.78 is 5.86. The summed E-state index contributed by atoms with van der Waals surface area (Å²) in [5.41, 5.74) is 2.54. The molecule has 2 aliphatic rings. The lowest BCUT2D eigenvalue weighted by atomic mass is 10.2. The van der Waals surface area contributed by atoms with Gasteiger partial charge in [0.05, 0.1) is 0 Å². The van der Waals surface area contributed by atoms with Crippen molar-refractivity contribution < 1.29 is 4.74 Å². The molecule has 0 amide bonds. The number of rotatable bonds is 5. The number of ether oxygens (including phenoxy) is 1. The fourth-order valence-electron chi connectivity index (χ4n) is 2.79. The quantitative estimate of drug-likeness (QED) is 0.868. The largest absolute Gasteiger partial charge is 0.373 e. The van der Waals surface area contributed by atoms with Crippen molar-refractivity contribution in [2.24, 2.45) is 5.92 Å². The maximum absolute atomic E-state index is 5.86. The van der Waals surface area contributed by atoms with Gasteiger partial charge in [-0.05, 0) is 44.9 Å². The van der Waals surface area contributed by atoms with Crippen molar-refractivity contribution in [2.45, 2.75) is 45.1 Å². The maximum Gasteiger partial charge on any atom is 0.160 e. The number of fused-ring (bicyclic) bond motifs is 1. The first-order chi connectivity index (χ1) is 8.83. The molecule has 1 heterocycles. The van der Waals surface area contributed by atoms with Gasteiger partial charge in [0.1, 0.15) is 11.9 Å². The zero-order valence-electron chi connectivity index (χ0n) is 11.2. The standard InChI is InChI=1S/C14H21N3O/c1-3-18-12(9-7-8-9)14-16-11-6-4-5-10(11)13(15-2)17-14/h9,12H,3-8H2,1-2H3,(H,15,16,17). The number of nitrogens with one attached hydrogen (secondary N) is 1. The van der Waals surface area contributed by atoms with E-state index in [-0.39, 0.29) is 6.10 Å². The van der Waals surface area contributed by atoms with E-state index in [4.69, 9.17) is 14.7 Å². The monoisotopic (exact) mass is 247 g/mol. The number of aromatic nitrogens is 2. The summed E-state index contributed by atoms with van der Waals surface area (Å²) >= 11 is 0. The third-order valence-electron chi connectivity index (χ3n) is 3.84. The fraction of sp³-hybridized carbons (Fsp3) is 0.714. The highest BCUT2D eigenvalue weighted by molar-refractivity contribution is 5.48. The van der Waals surface area contributed by atoms with Gasteiger partial charge in [0, 0.05) is 24.9 Å². The summed E-state index contributed by atoms with van der Waals surface area (Å²) in [7, 11) is 1.94. The highest BCUT2D eigenvalue weighted by Gasteiger charge is 2.36. The predicted molar refractivity (Wildman–Crippen MR) is 70.7 cm³/mol. The number of hydrogen-bond donors (Lipinski definition) is 1. The molecule has 4 heteroatoms. The second kappa shape index (κ2) is 4.84. The molecular weight excluding hydrogens is 226 g/mol. The van der Waals surface area contributed by atoms with Crippen molar-refractivity contribution in [2.75, 3.05) is 19.0 Å². The summed E-state index contributed by atoms with van der Waals surface area (Å²) in [4.78, 5) is 9.46. The van der Waals surface area contributed by atoms with Crippen LogP contribution in [0.15, 0.2) is 0 Å². The summed E-state index contributed by atoms with van der Waals surface area (Å²) in [5, 5.41) is 3.22. The average molecular weight is 247 g/mol. The van der Waals surface area contributed by atoms with Gasteiger partial charge in [-0.3, -0.25) is 0 Å². The van der Waals surface area contributed by atoms with E-state index in [0.717, 1.165) is 31.1 Å². The maximum atomic E-state index is 5.86. The molecule has 0 aromatic carbocycles. The predicted octanol–water partition coefficient (Wildman–Crippen LogP) is 2.49. The molecule has 1 aromatic rings. The first-order valence-corrected chi connectivity index (χ1v) is 7.02. The summed E-state index contributed by atoms with van der Waals surface area (Å²) in [6.45, 7) is 2.78. The lowest BCUT2D eigenvalue weighted by molar-refractivity contribution is 0.0400. The van der Waals surface area contributed by atoms with Gasteiger partial charge in [-0.2, -0.15) is 0 Å². The molecule has 4 nitrogen and oxygen atoms in total. The van der Waals surface area contributed by atoms with Crippen molar-refractivity contribution in [1.82, 2.24) is 9.97 Å². The van der Waals surface area contributed by atoms with E-state index in [1.54, 1.807) is 0 Å². The van der Waals surface area contributed by atoms with Crippen LogP contribution in [0.2, 0.25) is 0 Å². The van der Waals surface area contributed by atoms with Gasteiger partial charge in [0.15, 0.2) is 5.82 Å². The van der Waals surface area contributed by atoms with Crippen LogP contribution >= 0.6 is 0 Å². The third-order valence-corrected chi connectivity index (χ3v) is 3.84. The summed E-state index contributed by atoms with van der Waals surface area (Å²) in [6.07, 6.45) is 6.00. The van der Waals surface area contributed by atoms with Gasteiger partial charge < -0.3 is 10.1 Å². The SMILES string of the molecule is CCOC(c1nc2c(c(NC)n1)CCC2)C1CC1. The molecule has 0 radical (unpaired) electrons. The molecule has 0 spiro atoms. The van der Waals surface area contributed by atoms with Gasteiger partial charge in [-0.15, -0.1) is 0 Å². The van der Waals surface area contributed by atoms with Crippen molar-refractivity contribution in [1.29, 1.82) is 0 Å². The highest BCUT2D eigenvalue weighted by Crippen LogP contribution is 2.43. The van der Waals surface area contributed by atoms with Crippen molar-refractivity contribution >= 4 is 5.82 Å². The van der Waals surface area contributed by atoms with Gasteiger partial charge in [-0.1, -0.05) is 0 Å². The Morgan fingerprint density at radius 1 is 1.33 bits per heavy atom. The van der Waals surface area contributed by atoms with E-state index in [2.05, 4.69) is 5.32 Å². The second-order valence-corrected chi connectivity index (χ2v) is 5.17. The molecule has 1 N–H and O–H groups in total. The number of nitrogens with zero attached hydrogens (tertiary/aromatic N) is 2. The third kappa shape index (κ3) is 2.09. The topological polar surface area (TPSA) is 47.0 Å². The Balaban J connectivity index is 1.95. The molecule has 0 saturated heterocycles. The molecule has 1 atom stereocenters. The minimum absolute atomic E-state index is 0.105. The van der Waals surface area contributed by atoms with Crippen LogP contribution < -0.4 is 5.32 Å². The molecule has 3 rings (SSSR count). The van der Waals surface area contributed by atoms with E-state index in [1.807, 2.05) is 14.0 Å². The van der Waals surface area contributed by atoms with Gasteiger partial charge in [-0.25, -0.2) is 9.97 Å². The number of hydrogen-bond acceptors (Lipinski definition) is 4. The minimum Gasteiger partial charge on any atom is -0.373 e. The lowest BCUT2D eigenvalue weighted by Crippen LogP contribution is -2.14. The molecule has 1 fully saturated rings. The first-order valence-electron chi connectivity index (χ1n) is 7.02. The Morgan fingerprint density at radius 3 is 2.83 bits per heavy atom. The van der Waals surface area contributed by atoms with Crippen molar-refractivity contribution in [3.8, 4) is 0 Å². The smallest absolute Gasteiger partial charge is 0.160 e. The van der Waals surface area contributed by atoms with Crippen LogP contribution in [-0.2, 0) is 17.6 Å². The molecule has 18 heavy (non-hydrogen) atoms. The highest BCUT2D eigenvalue weighted by atomic mass is 16.5. The molecule has 98 valence electrons. The van der Waals surface area contributed by atoms with Crippen LogP contribution in [0, 0.1) is 5.92 Å². The lowest BCUT2D eigenvalue weighted by Gasteiger charge is -2.17. The second-order valence-electron chi connectivity index (χ2n) is 5.17. The zero-order chi connectivity index (χ0) is 12.5. The van der Waals surface area contributed by atoms with E-state index in [0.29, 0.717) is 5.92 Å². The Hall–Kier alpha value is -1.16. The Labute approximate surface area is 108 Å². The van der Waals surface area contributed by atoms with Crippen LogP contribution in [0.25, 0.3) is 0 Å². The van der Waals surface area contributed by atoms with Gasteiger partial charge in [0.2, 0.25) is 0 Å². The van der Waals surface area contributed by atoms with Crippen LogP contribution in [0.4, 0.5) is 5.82 Å². The van der Waals surface area contributed by atoms with Gasteiger partial charge in [0.25, 0.3) is 0 Å². The van der Waals surface area contributed by atoms with E-state index < -0.39 is 0 Å². The summed E-state index contributed by atoms with van der Waals surface area (Å²) in [5.74, 6) is 2.54. The average Bonchev–Trinajstić information content (AvgIpc) is 3.11. The van der Waals surface area contributed by atoms with Crippen molar-refractivity contribution in [3.05, 3.63) is 17.1 Å². The normalized spacial score (nSPS) is 19.7. The Kier molecular flexibility index (Phi) is 3.20. The number of aryl methyl sites for hydroxylation is 1. The van der Waals surface area contributed by atoms with Crippen LogP contribution in [0.3, 0.4) is 0 Å². The number of anilines is 1. The molecular formula is C14H21N3O. The fourth-order valence-corrected chi connectivity index (χ4v) is 2.79. The molecule has 1 unspecified atom stereocenters. The molecule has 0 bridgehead atoms. The minimum atomic E-state index is 0.105. The van der Waals surface area contributed by atoms with Crippen LogP contribution in [-0.4, -0.2) is 23.6 Å². The van der Waals surface area contributed by atoms with Crippen LogP contribution in [0.1, 0.15) is 49.4 Å². The Bertz CT molecular complexity index is 443. The summed E-state index contributed by atoms with van der Waals surface area (Å²) in [6, 6.07) is 0. The zero-order valence-corrected chi connectivity index (χ0v) is 11.2. The Morgan fingerprint density at radius 2 is 2.17 bits per heavy atom. The van der Waals surface area contributed by atoms with Crippen molar-refractivity contribution in [3.63, 3.8) is 0 Å². The van der Waals surface area contributed by atoms with E-state index in [9.17, 15) is 0 Å². The van der Waals surface area contributed by atoms with Crippen LogP contribution in [0.5, 0.6) is 0 Å². The van der Waals surface area contributed by atoms with E-state index in [1.165, 1.54) is 30.5 Å².